The van der Waals surface area contributed by atoms with Crippen LogP contribution in [0.5, 0.6) is 0 Å². The van der Waals surface area contributed by atoms with Gasteiger partial charge in [0.1, 0.15) is 12.4 Å². The molecule has 0 saturated carbocycles. The summed E-state index contributed by atoms with van der Waals surface area (Å²) in [7, 11) is 3.68. The lowest BCUT2D eigenvalue weighted by atomic mass is 9.91. The lowest BCUT2D eigenvalue weighted by molar-refractivity contribution is -0.122. The van der Waals surface area contributed by atoms with E-state index < -0.39 is 5.24 Å². The first kappa shape index (κ1) is 22.5. The summed E-state index contributed by atoms with van der Waals surface area (Å²) in [5.74, 6) is 0.717. The Morgan fingerprint density at radius 2 is 1.86 bits per heavy atom. The van der Waals surface area contributed by atoms with Crippen molar-refractivity contribution in [1.82, 2.24) is 4.90 Å². The number of thiocarbonyl (C=S) groups is 1. The summed E-state index contributed by atoms with van der Waals surface area (Å²) in [4.78, 5) is 22.4. The first-order valence-electron chi connectivity index (χ1n) is 6.94. The predicted octanol–water partition coefficient (Wildman–Crippen LogP) is 2.88. The van der Waals surface area contributed by atoms with Crippen LogP contribution in [-0.4, -0.2) is 41.8 Å². The molecule has 2 atom stereocenters. The average molecular weight is 337 g/mol. The molecule has 2 unspecified atom stereocenters. The van der Waals surface area contributed by atoms with Gasteiger partial charge in [-0.1, -0.05) is 39.3 Å². The summed E-state index contributed by atoms with van der Waals surface area (Å²) in [5, 5.41) is -0.195. The van der Waals surface area contributed by atoms with Crippen molar-refractivity contribution < 1.29 is 14.3 Å². The molecule has 124 valence electrons. The molecule has 1 amide bonds. The highest BCUT2D eigenvalue weighted by Crippen LogP contribution is 2.18. The third kappa shape index (κ3) is 15.4. The van der Waals surface area contributed by atoms with Gasteiger partial charge in [0.05, 0.1) is 5.92 Å². The molecule has 0 aliphatic carbocycles. The Kier molecular flexibility index (Phi) is 13.8. The van der Waals surface area contributed by atoms with Crippen molar-refractivity contribution in [3.8, 4) is 0 Å². The molecule has 0 fully saturated rings. The number of primary amides is 1. The van der Waals surface area contributed by atoms with Gasteiger partial charge >= 0.3 is 0 Å². The van der Waals surface area contributed by atoms with Gasteiger partial charge in [0.2, 0.25) is 0 Å². The molecule has 0 aliphatic rings. The number of nitrogens with zero attached hydrogens (tertiary/aromatic N) is 1. The molecule has 0 rings (SSSR count). The molecule has 0 spiro atoms. The zero-order chi connectivity index (χ0) is 17.0. The molecule has 0 radical (unpaired) electrons. The lowest BCUT2D eigenvalue weighted by Gasteiger charge is -2.21. The van der Waals surface area contributed by atoms with E-state index in [-0.39, 0.29) is 11.7 Å². The van der Waals surface area contributed by atoms with Crippen molar-refractivity contribution >= 4 is 41.0 Å². The Morgan fingerprint density at radius 3 is 2.19 bits per heavy atom. The van der Waals surface area contributed by atoms with Gasteiger partial charge in [-0.25, -0.2) is 0 Å². The van der Waals surface area contributed by atoms with Crippen molar-refractivity contribution in [2.45, 2.75) is 40.0 Å². The van der Waals surface area contributed by atoms with Crippen LogP contribution >= 0.6 is 24.8 Å². The number of ketones is 1. The molecule has 5 nitrogen and oxygen atoms in total. The Balaban J connectivity index is 0. The van der Waals surface area contributed by atoms with E-state index in [4.69, 9.17) is 21.7 Å². The number of Topliss-reactive ketones (excluding diaryl/α,β-unsaturated/α-hetero) is 1. The number of rotatable bonds is 7. The first-order chi connectivity index (χ1) is 9.61. The molecule has 0 aromatic carbocycles. The van der Waals surface area contributed by atoms with Crippen molar-refractivity contribution in [2.24, 2.45) is 17.6 Å². The van der Waals surface area contributed by atoms with Gasteiger partial charge in [-0.3, -0.25) is 9.59 Å². The van der Waals surface area contributed by atoms with Crippen molar-refractivity contribution in [3.63, 3.8) is 0 Å². The first-order valence-corrected chi connectivity index (χ1v) is 7.80. The third-order valence-electron chi connectivity index (χ3n) is 2.82. The second-order valence-electron chi connectivity index (χ2n) is 5.25. The lowest BCUT2D eigenvalue weighted by Crippen LogP contribution is -2.28. The summed E-state index contributed by atoms with van der Waals surface area (Å²) < 4.78 is 5.44. The smallest absolute Gasteiger partial charge is 0.273 e. The van der Waals surface area contributed by atoms with Gasteiger partial charge in [0.15, 0.2) is 0 Å². The maximum atomic E-state index is 11.5. The summed E-state index contributed by atoms with van der Waals surface area (Å²) >= 11 is 8.15. The predicted molar refractivity (Wildman–Crippen MR) is 93.7 cm³/mol. The number of hydrogen-bond donors (Lipinski definition) is 2. The maximum Gasteiger partial charge on any atom is 0.273 e. The van der Waals surface area contributed by atoms with Crippen LogP contribution in [0.15, 0.2) is 0 Å². The third-order valence-corrected chi connectivity index (χ3v) is 3.30. The standard InChI is InChI=1S/C13H25NO2S.CH3NOS/c1-6-7-10(2)8-12(11(3)15)9-16-13(17)14(4)5;2-1(3)4/h10,12H,6-9H2,1-5H3;(H3,2,3,4). The Labute approximate surface area is 139 Å². The van der Waals surface area contributed by atoms with Crippen molar-refractivity contribution in [1.29, 1.82) is 0 Å². The van der Waals surface area contributed by atoms with E-state index in [1.165, 1.54) is 0 Å². The minimum Gasteiger partial charge on any atom is -0.470 e. The molecule has 0 aliphatic heterocycles. The number of carbonyl (C=O) groups excluding carboxylic acids is 2. The van der Waals surface area contributed by atoms with E-state index in [1.807, 2.05) is 14.1 Å². The van der Waals surface area contributed by atoms with Crippen LogP contribution in [0, 0.1) is 11.8 Å². The second-order valence-corrected chi connectivity index (χ2v) is 6.04. The van der Waals surface area contributed by atoms with Crippen molar-refractivity contribution in [3.05, 3.63) is 0 Å². The molecule has 0 saturated heterocycles. The quantitative estimate of drug-likeness (QED) is 0.552. The monoisotopic (exact) mass is 336 g/mol. The zero-order valence-electron chi connectivity index (χ0n) is 13.6. The topological polar surface area (TPSA) is 72.6 Å². The van der Waals surface area contributed by atoms with Gasteiger partial charge in [0, 0.05) is 14.1 Å². The van der Waals surface area contributed by atoms with E-state index in [2.05, 4.69) is 32.2 Å². The highest BCUT2D eigenvalue weighted by atomic mass is 32.1. The average Bonchev–Trinajstić information content (AvgIpc) is 2.33. The van der Waals surface area contributed by atoms with Crippen LogP contribution < -0.4 is 5.73 Å². The zero-order valence-corrected chi connectivity index (χ0v) is 15.3. The number of carbonyl (C=O) groups is 2. The van der Waals surface area contributed by atoms with E-state index >= 15 is 0 Å². The number of hydrogen-bond acceptors (Lipinski definition) is 4. The van der Waals surface area contributed by atoms with E-state index in [1.54, 1.807) is 11.8 Å². The van der Waals surface area contributed by atoms with Crippen LogP contribution in [-0.2, 0) is 9.53 Å². The molecular formula is C14H28N2O3S2. The summed E-state index contributed by atoms with van der Waals surface area (Å²) in [6, 6.07) is 0. The fourth-order valence-corrected chi connectivity index (χ4v) is 1.82. The SMILES string of the molecule is CCCC(C)CC(COC(=S)N(C)C)C(C)=O.NC(=O)S. The van der Waals surface area contributed by atoms with E-state index in [0.29, 0.717) is 17.7 Å². The Bertz CT molecular complexity index is 332. The minimum atomic E-state index is -0.639. The molecular weight excluding hydrogens is 308 g/mol. The van der Waals surface area contributed by atoms with Crippen LogP contribution in [0.1, 0.15) is 40.0 Å². The Morgan fingerprint density at radius 1 is 1.38 bits per heavy atom. The van der Waals surface area contributed by atoms with Crippen LogP contribution in [0.3, 0.4) is 0 Å². The number of thiol groups is 1. The van der Waals surface area contributed by atoms with E-state index in [0.717, 1.165) is 19.3 Å². The summed E-state index contributed by atoms with van der Waals surface area (Å²) in [6.07, 6.45) is 3.20. The summed E-state index contributed by atoms with van der Waals surface area (Å²) in [5.41, 5.74) is 4.34. The molecule has 0 bridgehead atoms. The van der Waals surface area contributed by atoms with Gasteiger partial charge in [-0.15, -0.1) is 0 Å². The molecule has 0 aromatic rings. The van der Waals surface area contributed by atoms with Gasteiger partial charge < -0.3 is 15.4 Å². The van der Waals surface area contributed by atoms with Crippen molar-refractivity contribution in [2.75, 3.05) is 20.7 Å². The second kappa shape index (κ2) is 12.9. The molecule has 0 heterocycles. The maximum absolute atomic E-state index is 11.5. The largest absolute Gasteiger partial charge is 0.470 e. The van der Waals surface area contributed by atoms with Crippen LogP contribution in [0.4, 0.5) is 4.79 Å². The highest BCUT2D eigenvalue weighted by molar-refractivity contribution is 7.96. The minimum absolute atomic E-state index is 0.0329. The normalized spacial score (nSPS) is 12.5. The molecule has 2 N–H and O–H groups in total. The highest BCUT2D eigenvalue weighted by Gasteiger charge is 2.19. The van der Waals surface area contributed by atoms with Gasteiger partial charge in [-0.05, 0) is 31.5 Å². The van der Waals surface area contributed by atoms with Gasteiger partial charge in [0.25, 0.3) is 10.4 Å². The van der Waals surface area contributed by atoms with Crippen LogP contribution in [0.25, 0.3) is 0 Å². The van der Waals surface area contributed by atoms with Gasteiger partial charge in [-0.2, -0.15) is 0 Å². The fraction of sp³-hybridized carbons (Fsp3) is 0.786. The number of amides is 1. The molecule has 0 aromatic heterocycles. The van der Waals surface area contributed by atoms with E-state index in [9.17, 15) is 4.79 Å². The molecule has 7 heteroatoms. The van der Waals surface area contributed by atoms with Crippen LogP contribution in [0.2, 0.25) is 0 Å². The fourth-order valence-electron chi connectivity index (χ4n) is 1.75. The Hall–Kier alpha value is -0.820. The number of ether oxygens (including phenoxy) is 1. The summed E-state index contributed by atoms with van der Waals surface area (Å²) in [6.45, 7) is 6.38. The number of nitrogens with two attached hydrogens (primary N) is 1. The molecule has 21 heavy (non-hydrogen) atoms.